The van der Waals surface area contributed by atoms with Crippen LogP contribution < -0.4 is 15.2 Å². The van der Waals surface area contributed by atoms with Gasteiger partial charge in [0.25, 0.3) is 5.91 Å². The molecule has 2 unspecified atom stereocenters. The highest BCUT2D eigenvalue weighted by Gasteiger charge is 2.39. The molecule has 3 aromatic rings. The van der Waals surface area contributed by atoms with Crippen LogP contribution >= 0.6 is 0 Å². The number of hydrogen-bond donors (Lipinski definition) is 1. The van der Waals surface area contributed by atoms with E-state index in [9.17, 15) is 14.7 Å². The average Bonchev–Trinajstić information content (AvgIpc) is 2.87. The molecule has 1 aromatic heterocycles. The van der Waals surface area contributed by atoms with E-state index in [4.69, 9.17) is 4.74 Å². The lowest BCUT2D eigenvalue weighted by Crippen LogP contribution is -2.57. The Hall–Kier alpha value is -4.00. The Morgan fingerprint density at radius 1 is 1.06 bits per heavy atom. The quantitative estimate of drug-likeness (QED) is 0.594. The van der Waals surface area contributed by atoms with E-state index in [2.05, 4.69) is 0 Å². The number of fused-ring (bicyclic) bond motifs is 5. The van der Waals surface area contributed by atoms with Crippen molar-refractivity contribution in [1.82, 2.24) is 9.58 Å². The van der Waals surface area contributed by atoms with Crippen LogP contribution in [0.2, 0.25) is 0 Å². The molecule has 1 N–H and O–H groups in total. The SMILES string of the molecule is CCC1/C=C/COc2c(C)cccc2C(c2ccccc2)N2CN1C(=O)c1c(O)c(=O)ccn12. The first-order valence-electron chi connectivity index (χ1n) is 11.5. The van der Waals surface area contributed by atoms with Crippen molar-refractivity contribution in [3.63, 3.8) is 0 Å². The maximum atomic E-state index is 13.6. The summed E-state index contributed by atoms with van der Waals surface area (Å²) in [4.78, 5) is 27.6. The smallest absolute Gasteiger partial charge is 0.278 e. The zero-order valence-electron chi connectivity index (χ0n) is 19.2. The Morgan fingerprint density at radius 2 is 1.85 bits per heavy atom. The highest BCUT2D eigenvalue weighted by atomic mass is 16.5. The second-order valence-corrected chi connectivity index (χ2v) is 8.60. The van der Waals surface area contributed by atoms with Crippen LogP contribution in [0.5, 0.6) is 11.5 Å². The van der Waals surface area contributed by atoms with E-state index in [0.29, 0.717) is 13.0 Å². The first-order chi connectivity index (χ1) is 16.5. The van der Waals surface area contributed by atoms with Gasteiger partial charge in [-0.25, -0.2) is 0 Å². The molecule has 2 aliphatic rings. The van der Waals surface area contributed by atoms with Crippen molar-refractivity contribution in [2.75, 3.05) is 18.3 Å². The Morgan fingerprint density at radius 3 is 2.62 bits per heavy atom. The minimum absolute atomic E-state index is 0.0269. The van der Waals surface area contributed by atoms with Gasteiger partial charge in [0.05, 0.1) is 6.04 Å². The molecule has 3 heterocycles. The van der Waals surface area contributed by atoms with E-state index in [-0.39, 0.29) is 30.4 Å². The van der Waals surface area contributed by atoms with Crippen LogP contribution in [0.15, 0.2) is 77.7 Å². The molecule has 2 aliphatic heterocycles. The molecule has 2 atom stereocenters. The van der Waals surface area contributed by atoms with Crippen molar-refractivity contribution >= 4 is 5.91 Å². The van der Waals surface area contributed by atoms with Crippen molar-refractivity contribution in [2.45, 2.75) is 32.4 Å². The molecule has 7 heteroatoms. The van der Waals surface area contributed by atoms with Crippen LogP contribution in [0.1, 0.15) is 46.6 Å². The van der Waals surface area contributed by atoms with Crippen LogP contribution in [0.25, 0.3) is 0 Å². The standard InChI is InChI=1S/C27H27N3O4/c1-3-20-12-8-16-34-26-18(2)9-7-13-21(26)23(19-10-5-4-6-11-19)30-17-28(20)27(33)24-25(32)22(31)14-15-29(24)30/h4-15,20,23,32H,3,16-17H2,1-2H3/b12-8+. The van der Waals surface area contributed by atoms with Crippen molar-refractivity contribution in [3.8, 4) is 11.5 Å². The van der Waals surface area contributed by atoms with Crippen LogP contribution in [-0.2, 0) is 0 Å². The first kappa shape index (κ1) is 21.8. The molecule has 34 heavy (non-hydrogen) atoms. The summed E-state index contributed by atoms with van der Waals surface area (Å²) in [6, 6.07) is 16.8. The highest BCUT2D eigenvalue weighted by molar-refractivity contribution is 5.96. The van der Waals surface area contributed by atoms with Crippen molar-refractivity contribution in [3.05, 3.63) is 106 Å². The summed E-state index contributed by atoms with van der Waals surface area (Å²) in [6.07, 6.45) is 6.13. The maximum Gasteiger partial charge on any atom is 0.278 e. The summed E-state index contributed by atoms with van der Waals surface area (Å²) < 4.78 is 7.89. The lowest BCUT2D eigenvalue weighted by atomic mass is 9.95. The number of carbonyl (C=O) groups excluding carboxylic acids is 1. The molecule has 0 saturated carbocycles. The number of aryl methyl sites for hydroxylation is 1. The number of pyridine rings is 1. The van der Waals surface area contributed by atoms with Gasteiger partial charge in [0.2, 0.25) is 5.43 Å². The van der Waals surface area contributed by atoms with Crippen molar-refractivity contribution in [1.29, 1.82) is 0 Å². The molecular formula is C27H27N3O4. The number of para-hydroxylation sites is 1. The summed E-state index contributed by atoms with van der Waals surface area (Å²) >= 11 is 0. The largest absolute Gasteiger partial charge is 0.502 e. The van der Waals surface area contributed by atoms with Gasteiger partial charge >= 0.3 is 0 Å². The number of aromatic hydroxyl groups is 1. The fourth-order valence-electron chi connectivity index (χ4n) is 4.86. The Bertz CT molecular complexity index is 1320. The average molecular weight is 458 g/mol. The third-order valence-electron chi connectivity index (χ3n) is 6.54. The van der Waals surface area contributed by atoms with Crippen LogP contribution in [0.3, 0.4) is 0 Å². The third kappa shape index (κ3) is 3.53. The topological polar surface area (TPSA) is 75.0 Å². The Labute approximate surface area is 198 Å². The molecule has 0 spiro atoms. The second-order valence-electron chi connectivity index (χ2n) is 8.60. The normalized spacial score (nSPS) is 20.6. The Kier molecular flexibility index (Phi) is 5.61. The molecule has 1 amide bonds. The van der Waals surface area contributed by atoms with Gasteiger partial charge in [-0.05, 0) is 30.5 Å². The predicted octanol–water partition coefficient (Wildman–Crippen LogP) is 3.73. The van der Waals surface area contributed by atoms with E-state index in [1.807, 2.05) is 79.5 Å². The number of aromatic nitrogens is 1. The van der Waals surface area contributed by atoms with E-state index < -0.39 is 11.2 Å². The number of benzene rings is 2. The number of carbonyl (C=O) groups is 1. The van der Waals surface area contributed by atoms with E-state index in [1.165, 1.54) is 6.07 Å². The molecular weight excluding hydrogens is 430 g/mol. The predicted molar refractivity (Wildman–Crippen MR) is 130 cm³/mol. The molecule has 0 radical (unpaired) electrons. The van der Waals surface area contributed by atoms with Gasteiger partial charge in [-0.1, -0.05) is 61.5 Å². The number of hydrogen-bond acceptors (Lipinski definition) is 5. The number of amides is 1. The van der Waals surface area contributed by atoms with Gasteiger partial charge in [0.15, 0.2) is 11.4 Å². The molecule has 2 bridgehead atoms. The van der Waals surface area contributed by atoms with Gasteiger partial charge in [0, 0.05) is 17.8 Å². The third-order valence-corrected chi connectivity index (χ3v) is 6.54. The summed E-state index contributed by atoms with van der Waals surface area (Å²) in [7, 11) is 0. The molecule has 0 fully saturated rings. The summed E-state index contributed by atoms with van der Waals surface area (Å²) in [5.41, 5.74) is 2.33. The van der Waals surface area contributed by atoms with Crippen LogP contribution in [-0.4, -0.2) is 39.9 Å². The van der Waals surface area contributed by atoms with Crippen LogP contribution in [0, 0.1) is 6.92 Å². The molecule has 0 saturated heterocycles. The molecule has 7 nitrogen and oxygen atoms in total. The lowest BCUT2D eigenvalue weighted by Gasteiger charge is -2.45. The minimum Gasteiger partial charge on any atom is -0.502 e. The lowest BCUT2D eigenvalue weighted by molar-refractivity contribution is 0.0626. The fourth-order valence-corrected chi connectivity index (χ4v) is 4.86. The van der Waals surface area contributed by atoms with E-state index >= 15 is 0 Å². The van der Waals surface area contributed by atoms with Gasteiger partial charge < -0.3 is 14.7 Å². The highest BCUT2D eigenvalue weighted by Crippen LogP contribution is 2.38. The molecule has 5 rings (SSSR count). The second kappa shape index (κ2) is 8.74. The van der Waals surface area contributed by atoms with E-state index in [1.54, 1.807) is 15.8 Å². The summed E-state index contributed by atoms with van der Waals surface area (Å²) in [5, 5.41) is 12.7. The maximum absolute atomic E-state index is 13.6. The number of rotatable bonds is 2. The van der Waals surface area contributed by atoms with Gasteiger partial charge in [-0.15, -0.1) is 0 Å². The fraction of sp³-hybridized carbons (Fsp3) is 0.259. The number of ether oxygens (including phenoxy) is 1. The summed E-state index contributed by atoms with van der Waals surface area (Å²) in [5.74, 6) is -0.131. The van der Waals surface area contributed by atoms with Crippen molar-refractivity contribution in [2.24, 2.45) is 0 Å². The minimum atomic E-state index is -0.579. The first-order valence-corrected chi connectivity index (χ1v) is 11.5. The zero-order chi connectivity index (χ0) is 23.8. The van der Waals surface area contributed by atoms with Gasteiger partial charge in [-0.3, -0.25) is 19.3 Å². The molecule has 174 valence electrons. The van der Waals surface area contributed by atoms with Gasteiger partial charge in [-0.2, -0.15) is 0 Å². The van der Waals surface area contributed by atoms with Crippen LogP contribution in [0.4, 0.5) is 0 Å². The van der Waals surface area contributed by atoms with E-state index in [0.717, 1.165) is 22.4 Å². The molecule has 0 aliphatic carbocycles. The monoisotopic (exact) mass is 457 g/mol. The van der Waals surface area contributed by atoms with Gasteiger partial charge in [0.1, 0.15) is 25.1 Å². The zero-order valence-corrected chi connectivity index (χ0v) is 19.2. The Balaban J connectivity index is 1.83. The van der Waals surface area contributed by atoms with Crippen molar-refractivity contribution < 1.29 is 14.6 Å². The summed E-state index contributed by atoms with van der Waals surface area (Å²) in [6.45, 7) is 4.66. The number of nitrogens with zero attached hydrogens (tertiary/aromatic N) is 3. The molecule has 2 aromatic carbocycles.